The highest BCUT2D eigenvalue weighted by atomic mass is 32.2. The van der Waals surface area contributed by atoms with Gasteiger partial charge in [-0.25, -0.2) is 0 Å². The fraction of sp³-hybridized carbons (Fsp3) is 0.417. The number of hydrogen-bond acceptors (Lipinski definition) is 6. The van der Waals surface area contributed by atoms with Crippen molar-refractivity contribution in [1.82, 2.24) is 25.1 Å². The van der Waals surface area contributed by atoms with Crippen molar-refractivity contribution < 1.29 is 9.53 Å². The molecule has 0 atom stereocenters. The summed E-state index contributed by atoms with van der Waals surface area (Å²) >= 11 is 1.40. The summed E-state index contributed by atoms with van der Waals surface area (Å²) in [7, 11) is 0. The van der Waals surface area contributed by atoms with Crippen LogP contribution in [0, 0.1) is 5.92 Å². The van der Waals surface area contributed by atoms with Crippen molar-refractivity contribution in [3.63, 3.8) is 0 Å². The number of pyridine rings is 1. The summed E-state index contributed by atoms with van der Waals surface area (Å²) in [5.41, 5.74) is 1.82. The summed E-state index contributed by atoms with van der Waals surface area (Å²) < 4.78 is 7.55. The Morgan fingerprint density at radius 3 is 2.50 bits per heavy atom. The molecule has 7 nitrogen and oxygen atoms in total. The van der Waals surface area contributed by atoms with Gasteiger partial charge in [-0.15, -0.1) is 10.2 Å². The number of aromatic nitrogens is 4. The highest BCUT2D eigenvalue weighted by molar-refractivity contribution is 7.99. The summed E-state index contributed by atoms with van der Waals surface area (Å²) in [4.78, 5) is 16.7. The maximum absolute atomic E-state index is 12.6. The third-order valence-corrected chi connectivity index (χ3v) is 6.62. The third kappa shape index (κ3) is 5.48. The monoisotopic (exact) mass is 451 g/mol. The molecule has 32 heavy (non-hydrogen) atoms. The molecule has 4 rings (SSSR count). The summed E-state index contributed by atoms with van der Waals surface area (Å²) in [5.74, 6) is 2.63. The topological polar surface area (TPSA) is 81.9 Å². The highest BCUT2D eigenvalue weighted by Crippen LogP contribution is 2.29. The quantitative estimate of drug-likeness (QED) is 0.507. The van der Waals surface area contributed by atoms with Crippen molar-refractivity contribution in [3.8, 4) is 22.8 Å². The molecule has 0 spiro atoms. The van der Waals surface area contributed by atoms with E-state index >= 15 is 0 Å². The molecule has 1 aromatic carbocycles. The molecule has 2 aromatic heterocycles. The molecular formula is C24H29N5O2S. The van der Waals surface area contributed by atoms with Crippen molar-refractivity contribution in [2.24, 2.45) is 5.92 Å². The van der Waals surface area contributed by atoms with E-state index in [0.29, 0.717) is 23.3 Å². The fourth-order valence-electron chi connectivity index (χ4n) is 3.95. The van der Waals surface area contributed by atoms with Crippen LogP contribution in [-0.4, -0.2) is 44.1 Å². The van der Waals surface area contributed by atoms with E-state index in [0.717, 1.165) is 35.8 Å². The predicted molar refractivity (Wildman–Crippen MR) is 126 cm³/mol. The van der Waals surface area contributed by atoms with Crippen molar-refractivity contribution in [2.45, 2.75) is 50.7 Å². The van der Waals surface area contributed by atoms with E-state index < -0.39 is 0 Å². The van der Waals surface area contributed by atoms with Crippen LogP contribution in [0.25, 0.3) is 17.1 Å². The molecule has 0 aliphatic heterocycles. The van der Waals surface area contributed by atoms with Crippen LogP contribution in [0.5, 0.6) is 5.75 Å². The maximum atomic E-state index is 12.6. The van der Waals surface area contributed by atoms with E-state index in [1.165, 1.54) is 24.6 Å². The Kier molecular flexibility index (Phi) is 7.42. The number of carbonyl (C=O) groups excluding carboxylic acids is 1. The number of carbonyl (C=O) groups is 1. The van der Waals surface area contributed by atoms with Gasteiger partial charge in [-0.1, -0.05) is 18.7 Å². The van der Waals surface area contributed by atoms with Gasteiger partial charge in [-0.2, -0.15) is 0 Å². The van der Waals surface area contributed by atoms with Crippen LogP contribution < -0.4 is 10.1 Å². The molecule has 1 aliphatic rings. The molecule has 0 saturated heterocycles. The molecule has 1 N–H and O–H groups in total. The molecule has 0 radical (unpaired) electrons. The van der Waals surface area contributed by atoms with E-state index in [1.807, 2.05) is 47.9 Å². The number of rotatable bonds is 8. The Labute approximate surface area is 193 Å². The van der Waals surface area contributed by atoms with Gasteiger partial charge in [-0.3, -0.25) is 14.3 Å². The zero-order valence-corrected chi connectivity index (χ0v) is 19.3. The first-order valence-corrected chi connectivity index (χ1v) is 12.1. The Hall–Kier alpha value is -2.87. The smallest absolute Gasteiger partial charge is 0.230 e. The minimum atomic E-state index is 0.0428. The van der Waals surface area contributed by atoms with Crippen LogP contribution in [0.4, 0.5) is 0 Å². The number of thioether (sulfide) groups is 1. The molecule has 1 fully saturated rings. The van der Waals surface area contributed by atoms with Gasteiger partial charge in [-0.05, 0) is 74.9 Å². The number of benzene rings is 1. The van der Waals surface area contributed by atoms with Crippen LogP contribution in [0.1, 0.15) is 39.5 Å². The molecule has 0 unspecified atom stereocenters. The molecule has 3 aromatic rings. The van der Waals surface area contributed by atoms with Crippen LogP contribution in [-0.2, 0) is 4.79 Å². The van der Waals surface area contributed by atoms with Gasteiger partial charge in [0.05, 0.1) is 12.4 Å². The summed E-state index contributed by atoms with van der Waals surface area (Å²) in [5, 5.41) is 12.7. The Balaban J connectivity index is 1.52. The molecule has 0 bridgehead atoms. The number of nitrogens with zero attached hydrogens (tertiary/aromatic N) is 4. The normalized spacial score (nSPS) is 18.3. The summed E-state index contributed by atoms with van der Waals surface area (Å²) in [6.45, 7) is 4.86. The van der Waals surface area contributed by atoms with E-state index in [9.17, 15) is 4.79 Å². The maximum Gasteiger partial charge on any atom is 0.230 e. The lowest BCUT2D eigenvalue weighted by Crippen LogP contribution is -2.38. The standard InChI is InChI=1S/C24H29N5O2S/c1-3-31-21-10-8-20(9-11-21)29-23(18-12-14-25-15-13-18)27-28-24(29)32-16-22(30)26-19-6-4-17(2)5-7-19/h8-15,17,19H,3-7,16H2,1-2H3,(H,26,30). The summed E-state index contributed by atoms with van der Waals surface area (Å²) in [6.07, 6.45) is 7.95. The fourth-order valence-corrected chi connectivity index (χ4v) is 4.71. The third-order valence-electron chi connectivity index (χ3n) is 5.69. The summed E-state index contributed by atoms with van der Waals surface area (Å²) in [6, 6.07) is 11.9. The van der Waals surface area contributed by atoms with Gasteiger partial charge in [0, 0.05) is 29.7 Å². The highest BCUT2D eigenvalue weighted by Gasteiger charge is 2.21. The lowest BCUT2D eigenvalue weighted by atomic mass is 9.87. The lowest BCUT2D eigenvalue weighted by Gasteiger charge is -2.26. The Morgan fingerprint density at radius 1 is 1.09 bits per heavy atom. The van der Waals surface area contributed by atoms with E-state index in [-0.39, 0.29) is 11.9 Å². The minimum Gasteiger partial charge on any atom is -0.494 e. The van der Waals surface area contributed by atoms with E-state index in [4.69, 9.17) is 4.74 Å². The molecule has 1 saturated carbocycles. The molecule has 168 valence electrons. The van der Waals surface area contributed by atoms with Crippen LogP contribution in [0.3, 0.4) is 0 Å². The number of hydrogen-bond donors (Lipinski definition) is 1. The van der Waals surface area contributed by atoms with E-state index in [2.05, 4.69) is 27.4 Å². The lowest BCUT2D eigenvalue weighted by molar-refractivity contribution is -0.119. The second-order valence-corrected chi connectivity index (χ2v) is 9.06. The van der Waals surface area contributed by atoms with Crippen LogP contribution >= 0.6 is 11.8 Å². The molecule has 1 aliphatic carbocycles. The van der Waals surface area contributed by atoms with Crippen LogP contribution in [0.2, 0.25) is 0 Å². The average Bonchev–Trinajstić information content (AvgIpc) is 3.24. The van der Waals surface area contributed by atoms with E-state index in [1.54, 1.807) is 12.4 Å². The number of nitrogens with one attached hydrogen (secondary N) is 1. The Morgan fingerprint density at radius 2 is 1.81 bits per heavy atom. The molecule has 1 amide bonds. The molecule has 8 heteroatoms. The van der Waals surface area contributed by atoms with Gasteiger partial charge < -0.3 is 10.1 Å². The first kappa shape index (κ1) is 22.3. The predicted octanol–water partition coefficient (Wildman–Crippen LogP) is 4.52. The number of ether oxygens (including phenoxy) is 1. The van der Waals surface area contributed by atoms with Crippen molar-refractivity contribution in [1.29, 1.82) is 0 Å². The average molecular weight is 452 g/mol. The van der Waals surface area contributed by atoms with Crippen molar-refractivity contribution in [2.75, 3.05) is 12.4 Å². The SMILES string of the molecule is CCOc1ccc(-n2c(SCC(=O)NC3CCC(C)CC3)nnc2-c2ccncc2)cc1. The second-order valence-electron chi connectivity index (χ2n) is 8.12. The largest absolute Gasteiger partial charge is 0.494 e. The Bertz CT molecular complexity index is 1010. The zero-order chi connectivity index (χ0) is 22.3. The second kappa shape index (κ2) is 10.6. The van der Waals surface area contributed by atoms with Gasteiger partial charge in [0.1, 0.15) is 5.75 Å². The van der Waals surface area contributed by atoms with Crippen LogP contribution in [0.15, 0.2) is 53.9 Å². The van der Waals surface area contributed by atoms with Gasteiger partial charge >= 0.3 is 0 Å². The zero-order valence-electron chi connectivity index (χ0n) is 18.5. The van der Waals surface area contributed by atoms with Crippen molar-refractivity contribution >= 4 is 17.7 Å². The van der Waals surface area contributed by atoms with Crippen molar-refractivity contribution in [3.05, 3.63) is 48.8 Å². The van der Waals surface area contributed by atoms with Gasteiger partial charge in [0.2, 0.25) is 5.91 Å². The minimum absolute atomic E-state index is 0.0428. The molecular weight excluding hydrogens is 422 g/mol. The first-order valence-electron chi connectivity index (χ1n) is 11.1. The molecule has 2 heterocycles. The van der Waals surface area contributed by atoms with Gasteiger partial charge in [0.25, 0.3) is 0 Å². The number of amides is 1. The first-order chi connectivity index (χ1) is 15.6. The van der Waals surface area contributed by atoms with Gasteiger partial charge in [0.15, 0.2) is 11.0 Å².